The zero-order valence-corrected chi connectivity index (χ0v) is 13.1. The van der Waals surface area contributed by atoms with Crippen LogP contribution in [0.15, 0.2) is 16.9 Å². The summed E-state index contributed by atoms with van der Waals surface area (Å²) in [6.07, 6.45) is 1.75. The quantitative estimate of drug-likeness (QED) is 0.802. The Kier molecular flexibility index (Phi) is 5.92. The maximum Gasteiger partial charge on any atom is 0.274 e. The number of hydrogen-bond donors (Lipinski definition) is 0. The van der Waals surface area contributed by atoms with E-state index in [0.29, 0.717) is 18.2 Å². The fraction of sp³-hybridized carbons (Fsp3) is 0.667. The molecule has 0 N–H and O–H groups in total. The predicted octanol–water partition coefficient (Wildman–Crippen LogP) is 2.16. The van der Waals surface area contributed by atoms with Crippen LogP contribution in [0.2, 0.25) is 0 Å². The molecule has 1 aromatic rings. The number of aryl methyl sites for hydroxylation is 1. The van der Waals surface area contributed by atoms with E-state index in [9.17, 15) is 9.59 Å². The first-order valence-corrected chi connectivity index (χ1v) is 7.22. The van der Waals surface area contributed by atoms with E-state index in [-0.39, 0.29) is 17.5 Å². The second-order valence-corrected chi connectivity index (χ2v) is 5.67. The molecule has 1 unspecified atom stereocenters. The lowest BCUT2D eigenvalue weighted by atomic mass is 10.0. The number of nitrogens with zero attached hydrogens (tertiary/aromatic N) is 3. The molecule has 1 heterocycles. The molecule has 5 heteroatoms. The molecule has 1 amide bonds. The van der Waals surface area contributed by atoms with Crippen molar-refractivity contribution in [3.8, 4) is 0 Å². The highest BCUT2D eigenvalue weighted by atomic mass is 16.2. The van der Waals surface area contributed by atoms with Gasteiger partial charge < -0.3 is 4.90 Å². The van der Waals surface area contributed by atoms with Gasteiger partial charge in [-0.3, -0.25) is 9.59 Å². The molecule has 0 radical (unpaired) electrons. The molecule has 0 spiro atoms. The van der Waals surface area contributed by atoms with Crippen LogP contribution in [0.4, 0.5) is 0 Å². The zero-order chi connectivity index (χ0) is 15.3. The van der Waals surface area contributed by atoms with Crippen LogP contribution in [0.3, 0.4) is 0 Å². The molecule has 0 bridgehead atoms. The van der Waals surface area contributed by atoms with E-state index >= 15 is 0 Å². The molecule has 1 atom stereocenters. The van der Waals surface area contributed by atoms with E-state index in [1.165, 1.54) is 16.8 Å². The van der Waals surface area contributed by atoms with E-state index in [0.717, 1.165) is 12.8 Å². The molecule has 1 rings (SSSR count). The van der Waals surface area contributed by atoms with Crippen molar-refractivity contribution in [1.29, 1.82) is 0 Å². The summed E-state index contributed by atoms with van der Waals surface area (Å²) < 4.78 is 1.36. The van der Waals surface area contributed by atoms with E-state index in [2.05, 4.69) is 18.9 Å². The summed E-state index contributed by atoms with van der Waals surface area (Å²) in [4.78, 5) is 25.7. The Morgan fingerprint density at radius 2 is 2.00 bits per heavy atom. The number of aromatic nitrogens is 2. The molecule has 0 aliphatic carbocycles. The Hall–Kier alpha value is -1.65. The minimum absolute atomic E-state index is 0.136. The number of carbonyl (C=O) groups excluding carboxylic acids is 1. The fourth-order valence-electron chi connectivity index (χ4n) is 2.16. The number of carbonyl (C=O) groups is 1. The topological polar surface area (TPSA) is 55.2 Å². The van der Waals surface area contributed by atoms with Gasteiger partial charge in [-0.2, -0.15) is 5.10 Å². The fourth-order valence-corrected chi connectivity index (χ4v) is 2.16. The first-order valence-electron chi connectivity index (χ1n) is 7.22. The molecule has 0 saturated carbocycles. The Balaban J connectivity index is 2.91. The minimum Gasteiger partial charge on any atom is -0.338 e. The van der Waals surface area contributed by atoms with Crippen molar-refractivity contribution in [2.75, 3.05) is 7.05 Å². The first kappa shape index (κ1) is 16.4. The summed E-state index contributed by atoms with van der Waals surface area (Å²) in [6.45, 7) is 8.80. The lowest BCUT2D eigenvalue weighted by molar-refractivity contribution is 0.0719. The summed E-state index contributed by atoms with van der Waals surface area (Å²) in [6, 6.07) is 3.07. The van der Waals surface area contributed by atoms with Crippen molar-refractivity contribution >= 4 is 5.91 Å². The van der Waals surface area contributed by atoms with Gasteiger partial charge in [0.25, 0.3) is 11.5 Å². The number of hydrogen-bond acceptors (Lipinski definition) is 3. The Bertz CT molecular complexity index is 508. The van der Waals surface area contributed by atoms with Gasteiger partial charge in [0.15, 0.2) is 0 Å². The monoisotopic (exact) mass is 279 g/mol. The van der Waals surface area contributed by atoms with E-state index in [1.807, 2.05) is 13.8 Å². The summed E-state index contributed by atoms with van der Waals surface area (Å²) in [7, 11) is 1.78. The van der Waals surface area contributed by atoms with Crippen LogP contribution in [0.1, 0.15) is 51.0 Å². The zero-order valence-electron chi connectivity index (χ0n) is 13.1. The summed E-state index contributed by atoms with van der Waals surface area (Å²) in [5.41, 5.74) is 0.164. The molecule has 112 valence electrons. The highest BCUT2D eigenvalue weighted by molar-refractivity contribution is 5.92. The van der Waals surface area contributed by atoms with E-state index in [4.69, 9.17) is 0 Å². The van der Waals surface area contributed by atoms with Crippen molar-refractivity contribution in [2.45, 2.75) is 53.1 Å². The lowest BCUT2D eigenvalue weighted by Crippen LogP contribution is -2.37. The molecule has 0 aliphatic rings. The van der Waals surface area contributed by atoms with Gasteiger partial charge in [0.2, 0.25) is 0 Å². The normalized spacial score (nSPS) is 12.5. The largest absolute Gasteiger partial charge is 0.338 e. The van der Waals surface area contributed by atoms with Gasteiger partial charge in [0.05, 0.1) is 0 Å². The van der Waals surface area contributed by atoms with Crippen LogP contribution in [0.25, 0.3) is 0 Å². The average molecular weight is 279 g/mol. The van der Waals surface area contributed by atoms with Gasteiger partial charge in [0, 0.05) is 25.7 Å². The van der Waals surface area contributed by atoms with Crippen molar-refractivity contribution < 1.29 is 4.79 Å². The van der Waals surface area contributed by atoms with Gasteiger partial charge in [-0.05, 0) is 31.7 Å². The van der Waals surface area contributed by atoms with Crippen molar-refractivity contribution in [3.05, 3.63) is 28.2 Å². The smallest absolute Gasteiger partial charge is 0.274 e. The van der Waals surface area contributed by atoms with Crippen molar-refractivity contribution in [1.82, 2.24) is 14.7 Å². The molecule has 0 fully saturated rings. The summed E-state index contributed by atoms with van der Waals surface area (Å²) in [5.74, 6) is 0.394. The van der Waals surface area contributed by atoms with Gasteiger partial charge >= 0.3 is 0 Å². The van der Waals surface area contributed by atoms with Crippen LogP contribution in [-0.2, 0) is 6.54 Å². The summed E-state index contributed by atoms with van der Waals surface area (Å²) >= 11 is 0. The molecule has 1 aromatic heterocycles. The third-order valence-electron chi connectivity index (χ3n) is 3.32. The third kappa shape index (κ3) is 4.18. The molecule has 5 nitrogen and oxygen atoms in total. The second kappa shape index (κ2) is 7.22. The maximum atomic E-state index is 12.4. The lowest BCUT2D eigenvalue weighted by Gasteiger charge is -2.26. The van der Waals surface area contributed by atoms with Crippen molar-refractivity contribution in [2.24, 2.45) is 5.92 Å². The molecule has 20 heavy (non-hydrogen) atoms. The third-order valence-corrected chi connectivity index (χ3v) is 3.32. The van der Waals surface area contributed by atoms with E-state index < -0.39 is 0 Å². The van der Waals surface area contributed by atoms with Crippen molar-refractivity contribution in [3.63, 3.8) is 0 Å². The van der Waals surface area contributed by atoms with E-state index in [1.54, 1.807) is 11.9 Å². The molecule has 0 saturated heterocycles. The van der Waals surface area contributed by atoms with Gasteiger partial charge in [-0.1, -0.05) is 20.8 Å². The molecule has 0 aromatic carbocycles. The molecular weight excluding hydrogens is 254 g/mol. The van der Waals surface area contributed by atoms with Gasteiger partial charge in [0.1, 0.15) is 5.69 Å². The number of amides is 1. The Labute approximate surface area is 120 Å². The average Bonchev–Trinajstić information content (AvgIpc) is 2.39. The first-order chi connectivity index (χ1) is 9.36. The van der Waals surface area contributed by atoms with Gasteiger partial charge in [-0.15, -0.1) is 0 Å². The van der Waals surface area contributed by atoms with Gasteiger partial charge in [-0.25, -0.2) is 4.68 Å². The van der Waals surface area contributed by atoms with Crippen LogP contribution in [0, 0.1) is 5.92 Å². The van der Waals surface area contributed by atoms with Crippen LogP contribution in [0.5, 0.6) is 0 Å². The predicted molar refractivity (Wildman–Crippen MR) is 79.8 cm³/mol. The Morgan fingerprint density at radius 1 is 1.35 bits per heavy atom. The maximum absolute atomic E-state index is 12.4. The SMILES string of the molecule is CCCn1nc(C(=O)N(C)C(C)CC(C)C)ccc1=O. The highest BCUT2D eigenvalue weighted by Crippen LogP contribution is 2.11. The summed E-state index contributed by atoms with van der Waals surface area (Å²) in [5, 5.41) is 4.16. The highest BCUT2D eigenvalue weighted by Gasteiger charge is 2.20. The van der Waals surface area contributed by atoms with Crippen LogP contribution in [-0.4, -0.2) is 33.7 Å². The second-order valence-electron chi connectivity index (χ2n) is 5.67. The van der Waals surface area contributed by atoms with Crippen LogP contribution >= 0.6 is 0 Å². The molecular formula is C15H25N3O2. The minimum atomic E-state index is -0.165. The Morgan fingerprint density at radius 3 is 2.55 bits per heavy atom. The number of rotatable bonds is 6. The van der Waals surface area contributed by atoms with Crippen LogP contribution < -0.4 is 5.56 Å². The standard InChI is InChI=1S/C15H25N3O2/c1-6-9-18-14(19)8-7-13(16-18)15(20)17(5)12(4)10-11(2)3/h7-8,11-12H,6,9-10H2,1-5H3. The molecule has 0 aliphatic heterocycles.